The highest BCUT2D eigenvalue weighted by Gasteiger charge is 2.30. The molecule has 0 aliphatic rings. The molecule has 0 unspecified atom stereocenters. The molecule has 0 fully saturated rings. The third-order valence-electron chi connectivity index (χ3n) is 3.73. The van der Waals surface area contributed by atoms with Crippen molar-refractivity contribution in [2.24, 2.45) is 0 Å². The SMILES string of the molecule is Cc1n(CCO)c([N+](=O)[O-])c[n+]1[C@@H](C)C(=O)c1ccc(Cl)cc1. The Hall–Kier alpha value is -2.25. The first-order valence-corrected chi connectivity index (χ1v) is 7.41. The number of benzene rings is 1. The number of imidazole rings is 1. The van der Waals surface area contributed by atoms with Crippen molar-refractivity contribution >= 4 is 23.2 Å². The van der Waals surface area contributed by atoms with Crippen LogP contribution in [0.25, 0.3) is 0 Å². The van der Waals surface area contributed by atoms with Gasteiger partial charge < -0.3 is 15.2 Å². The van der Waals surface area contributed by atoms with Crippen molar-refractivity contribution in [3.63, 3.8) is 0 Å². The monoisotopic (exact) mass is 338 g/mol. The van der Waals surface area contributed by atoms with Crippen LogP contribution in [0.2, 0.25) is 5.02 Å². The Morgan fingerprint density at radius 1 is 1.43 bits per heavy atom. The molecule has 7 nitrogen and oxygen atoms in total. The first-order chi connectivity index (χ1) is 10.9. The number of carbonyl (C=O) groups excluding carboxylic acids is 1. The Morgan fingerprint density at radius 2 is 2.04 bits per heavy atom. The van der Waals surface area contributed by atoms with Crippen LogP contribution in [0, 0.1) is 17.0 Å². The Bertz CT molecular complexity index is 740. The highest BCUT2D eigenvalue weighted by molar-refractivity contribution is 6.30. The van der Waals surface area contributed by atoms with Gasteiger partial charge in [0.05, 0.1) is 6.61 Å². The zero-order valence-corrected chi connectivity index (χ0v) is 13.5. The van der Waals surface area contributed by atoms with Gasteiger partial charge in [-0.15, -0.1) is 0 Å². The molecule has 0 bridgehead atoms. The van der Waals surface area contributed by atoms with Gasteiger partial charge in [0.15, 0.2) is 12.2 Å². The third kappa shape index (κ3) is 3.40. The average molecular weight is 339 g/mol. The molecule has 0 spiro atoms. The first-order valence-electron chi connectivity index (χ1n) is 7.03. The molecule has 2 aromatic rings. The van der Waals surface area contributed by atoms with E-state index in [9.17, 15) is 14.9 Å². The standard InChI is InChI=1S/C15H17ClN3O4/c1-10(15(21)12-3-5-13(16)6-4-12)18-9-14(19(22)23)17(7-8-20)11(18)2/h3-6,9-10,20H,7-8H2,1-2H3/q+1/t10-/m0/s1. The lowest BCUT2D eigenvalue weighted by molar-refractivity contribution is -0.711. The maximum atomic E-state index is 12.6. The maximum absolute atomic E-state index is 12.6. The number of aromatic nitrogens is 2. The van der Waals surface area contributed by atoms with E-state index in [-0.39, 0.29) is 24.8 Å². The van der Waals surface area contributed by atoms with Crippen LogP contribution in [0.4, 0.5) is 5.82 Å². The number of hydrogen-bond acceptors (Lipinski definition) is 4. The van der Waals surface area contributed by atoms with Crippen molar-refractivity contribution in [1.82, 2.24) is 4.57 Å². The number of aliphatic hydroxyl groups is 1. The van der Waals surface area contributed by atoms with Gasteiger partial charge in [0.1, 0.15) is 6.54 Å². The molecule has 1 aromatic heterocycles. The number of carbonyl (C=O) groups is 1. The minimum atomic E-state index is -0.616. The normalized spacial score (nSPS) is 12.2. The number of Topliss-reactive ketones (excluding diaryl/α,β-unsaturated/α-hetero) is 1. The van der Waals surface area contributed by atoms with Crippen molar-refractivity contribution in [3.05, 3.63) is 57.0 Å². The van der Waals surface area contributed by atoms with Gasteiger partial charge in [-0.25, -0.2) is 4.57 Å². The van der Waals surface area contributed by atoms with Crippen LogP contribution in [0.1, 0.15) is 29.1 Å². The summed E-state index contributed by atoms with van der Waals surface area (Å²) in [5.41, 5.74) is 0.478. The fourth-order valence-corrected chi connectivity index (χ4v) is 2.61. The van der Waals surface area contributed by atoms with E-state index >= 15 is 0 Å². The van der Waals surface area contributed by atoms with Crippen molar-refractivity contribution in [2.45, 2.75) is 26.4 Å². The van der Waals surface area contributed by atoms with Crippen LogP contribution in [0.3, 0.4) is 0 Å². The molecule has 1 N–H and O–H groups in total. The second-order valence-corrected chi connectivity index (χ2v) is 5.56. The van der Waals surface area contributed by atoms with Crippen molar-refractivity contribution in [1.29, 1.82) is 0 Å². The number of hydrogen-bond donors (Lipinski definition) is 1. The molecular formula is C15H17ClN3O4+. The van der Waals surface area contributed by atoms with Crippen LogP contribution in [-0.2, 0) is 6.54 Å². The second kappa shape index (κ2) is 6.89. The van der Waals surface area contributed by atoms with E-state index in [4.69, 9.17) is 16.7 Å². The predicted molar refractivity (Wildman–Crippen MR) is 83.6 cm³/mol. The van der Waals surface area contributed by atoms with Gasteiger partial charge in [0, 0.05) is 17.5 Å². The topological polar surface area (TPSA) is 89.2 Å². The van der Waals surface area contributed by atoms with Gasteiger partial charge >= 0.3 is 5.82 Å². The molecule has 0 saturated heterocycles. The average Bonchev–Trinajstić information content (AvgIpc) is 2.84. The molecule has 1 heterocycles. The molecular weight excluding hydrogens is 322 g/mol. The van der Waals surface area contributed by atoms with Crippen LogP contribution >= 0.6 is 11.6 Å². The molecule has 0 radical (unpaired) electrons. The van der Waals surface area contributed by atoms with E-state index in [2.05, 4.69) is 0 Å². The van der Waals surface area contributed by atoms with E-state index in [1.807, 2.05) is 0 Å². The zero-order chi connectivity index (χ0) is 17.1. The molecule has 8 heteroatoms. The van der Waals surface area contributed by atoms with Gasteiger partial charge in [0.25, 0.3) is 5.82 Å². The maximum Gasteiger partial charge on any atom is 0.365 e. The third-order valence-corrected chi connectivity index (χ3v) is 3.98. The molecule has 2 rings (SSSR count). The fraction of sp³-hybridized carbons (Fsp3) is 0.333. The Kier molecular flexibility index (Phi) is 5.12. The Balaban J connectivity index is 2.40. The summed E-state index contributed by atoms with van der Waals surface area (Å²) in [5.74, 6) is 0.193. The molecule has 1 atom stereocenters. The van der Waals surface area contributed by atoms with Gasteiger partial charge in [-0.1, -0.05) is 11.6 Å². The zero-order valence-electron chi connectivity index (χ0n) is 12.8. The summed E-state index contributed by atoms with van der Waals surface area (Å²) in [7, 11) is 0. The second-order valence-electron chi connectivity index (χ2n) is 5.12. The number of rotatable bonds is 6. The number of halogens is 1. The number of nitrogens with zero attached hydrogens (tertiary/aromatic N) is 3. The summed E-state index contributed by atoms with van der Waals surface area (Å²) < 4.78 is 2.93. The molecule has 122 valence electrons. The van der Waals surface area contributed by atoms with Crippen molar-refractivity contribution < 1.29 is 19.4 Å². The minimum Gasteiger partial charge on any atom is -0.392 e. The lowest BCUT2D eigenvalue weighted by atomic mass is 10.1. The summed E-state index contributed by atoms with van der Waals surface area (Å²) in [5, 5.41) is 20.8. The molecule has 23 heavy (non-hydrogen) atoms. The molecule has 0 saturated carbocycles. The molecule has 1 aromatic carbocycles. The fourth-order valence-electron chi connectivity index (χ4n) is 2.49. The number of ketones is 1. The molecule has 0 amide bonds. The van der Waals surface area contributed by atoms with Gasteiger partial charge in [-0.3, -0.25) is 4.79 Å². The molecule has 0 aliphatic carbocycles. The Labute approximate surface area is 137 Å². The predicted octanol–water partition coefficient (Wildman–Crippen LogP) is 2.08. The van der Waals surface area contributed by atoms with Crippen LogP contribution in [-0.4, -0.2) is 27.0 Å². The summed E-state index contributed by atoms with van der Waals surface area (Å²) in [6.45, 7) is 3.22. The van der Waals surface area contributed by atoms with Crippen molar-refractivity contribution in [3.8, 4) is 0 Å². The van der Waals surface area contributed by atoms with Crippen LogP contribution in [0.15, 0.2) is 30.5 Å². The quantitative estimate of drug-likeness (QED) is 0.378. The highest BCUT2D eigenvalue weighted by Crippen LogP contribution is 2.18. The summed E-state index contributed by atoms with van der Waals surface area (Å²) in [4.78, 5) is 23.2. The highest BCUT2D eigenvalue weighted by atomic mass is 35.5. The lowest BCUT2D eigenvalue weighted by Crippen LogP contribution is -2.43. The largest absolute Gasteiger partial charge is 0.392 e. The Morgan fingerprint density at radius 3 is 2.57 bits per heavy atom. The lowest BCUT2D eigenvalue weighted by Gasteiger charge is -2.09. The van der Waals surface area contributed by atoms with Gasteiger partial charge in [-0.2, -0.15) is 4.57 Å². The van der Waals surface area contributed by atoms with Gasteiger partial charge in [-0.05, 0) is 36.1 Å². The van der Waals surface area contributed by atoms with E-state index in [1.54, 1.807) is 42.7 Å². The smallest absolute Gasteiger partial charge is 0.365 e. The van der Waals surface area contributed by atoms with E-state index in [1.165, 1.54) is 10.8 Å². The van der Waals surface area contributed by atoms with E-state index in [0.717, 1.165) is 0 Å². The van der Waals surface area contributed by atoms with Crippen molar-refractivity contribution in [2.75, 3.05) is 6.61 Å². The van der Waals surface area contributed by atoms with Crippen LogP contribution in [0.5, 0.6) is 0 Å². The van der Waals surface area contributed by atoms with Crippen LogP contribution < -0.4 is 4.57 Å². The summed E-state index contributed by atoms with van der Waals surface area (Å²) >= 11 is 5.81. The minimum absolute atomic E-state index is 0.0942. The number of aliphatic hydroxyl groups excluding tert-OH is 1. The van der Waals surface area contributed by atoms with E-state index in [0.29, 0.717) is 16.4 Å². The number of nitro groups is 1. The van der Waals surface area contributed by atoms with E-state index < -0.39 is 11.0 Å². The summed E-state index contributed by atoms with van der Waals surface area (Å²) in [6.07, 6.45) is 1.32. The molecule has 0 aliphatic heterocycles. The van der Waals surface area contributed by atoms with Gasteiger partial charge in [0.2, 0.25) is 5.78 Å². The summed E-state index contributed by atoms with van der Waals surface area (Å²) in [6, 6.07) is 5.87. The first kappa shape index (κ1) is 17.1.